The van der Waals surface area contributed by atoms with Gasteiger partial charge in [-0.2, -0.15) is 0 Å². The number of carboxylic acids is 1. The van der Waals surface area contributed by atoms with E-state index in [1.165, 1.54) is 48.5 Å². The molecule has 7 amide bonds. The van der Waals surface area contributed by atoms with Gasteiger partial charge in [-0.25, -0.2) is 4.79 Å². The molecule has 0 aliphatic carbocycles. The first kappa shape index (κ1) is 67.8. The van der Waals surface area contributed by atoms with Gasteiger partial charge in [-0.1, -0.05) is 47.5 Å². The number of ether oxygens (including phenoxy) is 5. The second kappa shape index (κ2) is 27.0. The third kappa shape index (κ3) is 13.5. The van der Waals surface area contributed by atoms with Crippen LogP contribution in [0.4, 0.5) is 0 Å². The van der Waals surface area contributed by atoms with Crippen molar-refractivity contribution in [1.82, 2.24) is 37.2 Å². The quantitative estimate of drug-likeness (QED) is 0.118. The number of aliphatic hydroxyl groups excluding tert-OH is 3. The third-order valence-corrected chi connectivity index (χ3v) is 17.5. The molecule has 0 aromatic heterocycles. The number of halogens is 2. The molecule has 0 saturated carbocycles. The minimum Gasteiger partial charge on any atom is -0.508 e. The van der Waals surface area contributed by atoms with Crippen LogP contribution in [0, 0.1) is 0 Å². The second-order valence-electron chi connectivity index (χ2n) is 23.6. The van der Waals surface area contributed by atoms with E-state index in [-0.39, 0.29) is 62.3 Å². The van der Waals surface area contributed by atoms with Crippen LogP contribution >= 0.6 is 23.2 Å². The number of carbonyl (C=O) groups excluding carboxylic acids is 7. The summed E-state index contributed by atoms with van der Waals surface area (Å²) in [5.74, 6) is -17.0. The Morgan fingerprint density at radius 2 is 1.17 bits per heavy atom. The molecule has 7 heterocycles. The van der Waals surface area contributed by atoms with E-state index in [9.17, 15) is 65.4 Å². The number of aliphatic hydroxyl groups is 3. The number of aliphatic carboxylic acids is 1. The molecule has 7 aliphatic heterocycles. The number of fused-ring (bicyclic) bond motifs is 14. The zero-order valence-corrected chi connectivity index (χ0v) is 52.5. The van der Waals surface area contributed by atoms with Gasteiger partial charge >= 0.3 is 5.97 Å². The lowest BCUT2D eigenvalue weighted by Crippen LogP contribution is -2.65. The lowest BCUT2D eigenvalue weighted by atomic mass is 9.89. The Bertz CT molecular complexity index is 4520. The van der Waals surface area contributed by atoms with Crippen molar-refractivity contribution in [3.05, 3.63) is 164 Å². The summed E-state index contributed by atoms with van der Waals surface area (Å²) in [6.07, 6.45) is -10.2. The first-order valence-corrected chi connectivity index (χ1v) is 30.8. The molecule has 19 N–H and O–H groups in total. The molecular weight excluding hydrogens is 1340 g/mol. The summed E-state index contributed by atoms with van der Waals surface area (Å²) >= 11 is 14.0. The zero-order chi connectivity index (χ0) is 70.7. The van der Waals surface area contributed by atoms with Crippen LogP contribution in [0.5, 0.6) is 69.0 Å². The minimum absolute atomic E-state index is 0.0913. The molecule has 514 valence electrons. The van der Waals surface area contributed by atoms with E-state index in [1.807, 2.05) is 0 Å². The normalized spacial score (nSPS) is 25.2. The Labute approximate surface area is 567 Å². The molecule has 17 bridgehead atoms. The monoisotopic (exact) mass is 1400 g/mol. The highest BCUT2D eigenvalue weighted by molar-refractivity contribution is 6.32. The number of hydrogen-bond acceptors (Lipinski definition) is 23. The molecule has 0 radical (unpaired) electrons. The van der Waals surface area contributed by atoms with Crippen LogP contribution in [0.3, 0.4) is 0 Å². The fourth-order valence-electron chi connectivity index (χ4n) is 12.1. The molecule has 7 aromatic carbocycles. The Kier molecular flexibility index (Phi) is 18.5. The second-order valence-corrected chi connectivity index (χ2v) is 24.5. The first-order chi connectivity index (χ1) is 47.1. The van der Waals surface area contributed by atoms with Gasteiger partial charge in [-0.15, -0.1) is 0 Å². The van der Waals surface area contributed by atoms with Crippen molar-refractivity contribution < 1.29 is 113 Å². The molecule has 99 heavy (non-hydrogen) atoms. The summed E-state index contributed by atoms with van der Waals surface area (Å²) in [5, 5.41) is 130. The number of phenolic OH excluding ortho intramolecular Hbond substituents is 6. The van der Waals surface area contributed by atoms with Crippen LogP contribution in [0.1, 0.15) is 82.2 Å². The highest BCUT2D eigenvalue weighted by Crippen LogP contribution is 2.49. The number of hydrogen-bond donors (Lipinski definition) is 18. The number of nitrogens with two attached hydrogens (primary N) is 1. The molecule has 1 saturated heterocycles. The average molecular weight is 1400 g/mol. The number of benzene rings is 7. The average Bonchev–Trinajstić information content (AvgIpc) is 0.768. The van der Waals surface area contributed by atoms with Crippen molar-refractivity contribution in [2.75, 3.05) is 6.61 Å². The maximum atomic E-state index is 16.1. The predicted octanol–water partition coefficient (Wildman–Crippen LogP) is 2.95. The standard InChI is InChI=1S/C66H58Cl2N8O23/c1-23(78)70-53-57(86)56(85)46(22-77)98-66(53)99-58-27-5-9-42(36(68)15-27)97-45-18-29-17-44(55(45)84)96-41-8-2-24(10-35(41)67)11-37-59(87)72-50(28-12-30(79)19-32(13-28)95-43-16-25(3-7-39(43)82)48(69)60(88)71-37)62(90)74-51(29)63(91)73-49-26-4-6-38(81)33(14-26)47-34(20-31(80)21-40(47)83)52(65(93)94)75-64(92)54(58)76-61(49)89/h2-10,12-21,37,46,48-54,56-58,66,77,79-86H,11,22,69H2,1H3,(H,70,78)(H,71,88)(H,72,87)(H,73,91)(H,74,90)(H,75,92)(H,76,89)(H,93,94)/t37-,46-,48-,49-,50+,51-,52+,53-,54+,56-,57-,58-,66+/m0/s1. The lowest BCUT2D eigenvalue weighted by Gasteiger charge is -2.44. The molecule has 33 heteroatoms. The van der Waals surface area contributed by atoms with Gasteiger partial charge in [0.05, 0.1) is 16.7 Å². The zero-order valence-electron chi connectivity index (χ0n) is 51.0. The van der Waals surface area contributed by atoms with Crippen molar-refractivity contribution in [2.45, 2.75) is 92.4 Å². The molecular formula is C66H58Cl2N8O23. The van der Waals surface area contributed by atoms with Crippen LogP contribution in [0.15, 0.2) is 115 Å². The molecule has 13 atom stereocenters. The van der Waals surface area contributed by atoms with E-state index < -0.39 is 206 Å². The fraction of sp³-hybridized carbons (Fsp3) is 0.242. The molecule has 14 rings (SSSR count). The predicted molar refractivity (Wildman–Crippen MR) is 339 cm³/mol. The minimum atomic E-state index is -2.38. The van der Waals surface area contributed by atoms with E-state index in [0.29, 0.717) is 0 Å². The van der Waals surface area contributed by atoms with Gasteiger partial charge in [0.25, 0.3) is 0 Å². The maximum absolute atomic E-state index is 16.1. The van der Waals surface area contributed by atoms with Crippen LogP contribution in [-0.2, 0) is 54.3 Å². The number of rotatable bonds is 5. The van der Waals surface area contributed by atoms with Crippen LogP contribution in [0.25, 0.3) is 11.1 Å². The van der Waals surface area contributed by atoms with Gasteiger partial charge in [0.1, 0.15) is 107 Å². The largest absolute Gasteiger partial charge is 0.508 e. The molecule has 7 aliphatic rings. The third-order valence-electron chi connectivity index (χ3n) is 17.0. The van der Waals surface area contributed by atoms with Crippen LogP contribution in [-0.4, -0.2) is 148 Å². The summed E-state index contributed by atoms with van der Waals surface area (Å²) < 4.78 is 31.1. The topological polar surface area (TPSA) is 495 Å². The van der Waals surface area contributed by atoms with Crippen molar-refractivity contribution in [1.29, 1.82) is 0 Å². The highest BCUT2D eigenvalue weighted by atomic mass is 35.5. The van der Waals surface area contributed by atoms with Gasteiger partial charge in [-0.3, -0.25) is 33.6 Å². The van der Waals surface area contributed by atoms with Gasteiger partial charge in [0, 0.05) is 42.2 Å². The Balaban J connectivity index is 1.10. The number of phenols is 6. The number of aromatic hydroxyl groups is 6. The van der Waals surface area contributed by atoms with Crippen molar-refractivity contribution in [3.63, 3.8) is 0 Å². The lowest BCUT2D eigenvalue weighted by molar-refractivity contribution is -0.284. The highest BCUT2D eigenvalue weighted by Gasteiger charge is 2.49. The Morgan fingerprint density at radius 1 is 0.576 bits per heavy atom. The van der Waals surface area contributed by atoms with E-state index in [2.05, 4.69) is 37.2 Å². The smallest absolute Gasteiger partial charge is 0.330 e. The van der Waals surface area contributed by atoms with E-state index in [1.54, 1.807) is 0 Å². The van der Waals surface area contributed by atoms with E-state index >= 15 is 24.0 Å². The van der Waals surface area contributed by atoms with Crippen molar-refractivity contribution >= 4 is 70.5 Å². The maximum Gasteiger partial charge on any atom is 0.330 e. The molecule has 31 nitrogen and oxygen atoms in total. The van der Waals surface area contributed by atoms with E-state index in [0.717, 1.165) is 73.7 Å². The number of carboxylic acid groups (broad SMARTS) is 1. The number of nitrogens with one attached hydrogen (secondary N) is 7. The molecule has 1 fully saturated rings. The molecule has 7 aromatic rings. The van der Waals surface area contributed by atoms with Crippen molar-refractivity contribution in [3.8, 4) is 80.1 Å². The van der Waals surface area contributed by atoms with Crippen LogP contribution < -0.4 is 57.2 Å². The summed E-state index contributed by atoms with van der Waals surface area (Å²) in [7, 11) is 0. The summed E-state index contributed by atoms with van der Waals surface area (Å²) in [4.78, 5) is 119. The van der Waals surface area contributed by atoms with Gasteiger partial charge < -0.3 is 118 Å². The molecule has 0 spiro atoms. The SMILES string of the molecule is CC(=O)N[C@@H]1[C@@H](O[C@H]2c3ccc(c(Cl)c3)Oc3cc4cc(c3O)Oc3ccc(cc3Cl)C[C@@H]3NC(=O)[C@@H](N)c5ccc(O)c(c5)Oc5cc(O)cc(c5)[C@@H](NC3=O)C(=O)N[C@@H]4C(=O)N[C@@H]3C(=O)N[C@H]2C(=O)N[C@@H](C(=O)O)c2cc(O)cc(O)c2-c2cc3ccc2O)O[C@@H](CO)[C@H](O)[C@H]1O. The van der Waals surface area contributed by atoms with Crippen LogP contribution in [0.2, 0.25) is 10.0 Å². The summed E-state index contributed by atoms with van der Waals surface area (Å²) in [6, 6.07) is 4.95. The van der Waals surface area contributed by atoms with Gasteiger partial charge in [0.2, 0.25) is 47.1 Å². The Morgan fingerprint density at radius 3 is 1.83 bits per heavy atom. The number of amides is 7. The van der Waals surface area contributed by atoms with Gasteiger partial charge in [0.15, 0.2) is 35.3 Å². The van der Waals surface area contributed by atoms with E-state index in [4.69, 9.17) is 52.6 Å². The Hall–Kier alpha value is -11.2. The first-order valence-electron chi connectivity index (χ1n) is 30.0. The number of carbonyl (C=O) groups is 8. The van der Waals surface area contributed by atoms with Crippen molar-refractivity contribution in [2.24, 2.45) is 5.73 Å². The summed E-state index contributed by atoms with van der Waals surface area (Å²) in [5.41, 5.74) is 3.85. The fourth-order valence-corrected chi connectivity index (χ4v) is 12.6. The summed E-state index contributed by atoms with van der Waals surface area (Å²) in [6.45, 7) is 0.0228. The van der Waals surface area contributed by atoms with Gasteiger partial charge in [-0.05, 0) is 112 Å². The molecule has 0 unspecified atom stereocenters.